The van der Waals surface area contributed by atoms with Crippen LogP contribution in [0.2, 0.25) is 5.02 Å². The molecule has 2 aliphatic heterocycles. The van der Waals surface area contributed by atoms with Crippen molar-refractivity contribution in [3.63, 3.8) is 0 Å². The average molecular weight is 428 g/mol. The van der Waals surface area contributed by atoms with Crippen LogP contribution in [-0.2, 0) is 15.6 Å². The molecule has 0 saturated carbocycles. The van der Waals surface area contributed by atoms with Crippen molar-refractivity contribution in [1.82, 2.24) is 8.87 Å². The zero-order chi connectivity index (χ0) is 20.2. The normalized spacial score (nSPS) is 18.1. The molecule has 1 N–H and O–H groups in total. The number of fused-ring (bicyclic) bond motifs is 4. The van der Waals surface area contributed by atoms with Crippen LogP contribution in [0.15, 0.2) is 65.7 Å². The smallest absolute Gasteiger partial charge is 0.243 e. The molecule has 0 radical (unpaired) electrons. The molecule has 7 heteroatoms. The largest absolute Gasteiger partial charge is 0.372 e. The molecular formula is C22H22ClN3O2S. The first kappa shape index (κ1) is 18.7. The summed E-state index contributed by atoms with van der Waals surface area (Å²) in [5.74, 6) is 0. The Bertz CT molecular complexity index is 1190. The lowest BCUT2D eigenvalue weighted by molar-refractivity contribution is 0.247. The molecule has 150 valence electrons. The van der Waals surface area contributed by atoms with E-state index in [9.17, 15) is 8.42 Å². The van der Waals surface area contributed by atoms with Crippen molar-refractivity contribution < 1.29 is 8.42 Å². The van der Waals surface area contributed by atoms with Gasteiger partial charge in [-0.2, -0.15) is 4.31 Å². The van der Waals surface area contributed by atoms with Gasteiger partial charge in [0, 0.05) is 30.0 Å². The maximum atomic E-state index is 13.2. The van der Waals surface area contributed by atoms with E-state index in [1.165, 1.54) is 5.69 Å². The molecule has 0 amide bonds. The van der Waals surface area contributed by atoms with Crippen molar-refractivity contribution in [2.45, 2.75) is 30.2 Å². The van der Waals surface area contributed by atoms with Crippen molar-refractivity contribution >= 4 is 27.3 Å². The van der Waals surface area contributed by atoms with E-state index < -0.39 is 10.0 Å². The van der Waals surface area contributed by atoms with Crippen molar-refractivity contribution in [3.8, 4) is 5.69 Å². The Morgan fingerprint density at radius 2 is 1.79 bits per heavy atom. The van der Waals surface area contributed by atoms with E-state index in [0.717, 1.165) is 16.9 Å². The number of aryl methyl sites for hydroxylation is 1. The van der Waals surface area contributed by atoms with Crippen molar-refractivity contribution in [1.29, 1.82) is 0 Å². The van der Waals surface area contributed by atoms with E-state index in [-0.39, 0.29) is 10.4 Å². The van der Waals surface area contributed by atoms with E-state index in [0.29, 0.717) is 31.0 Å². The lowest BCUT2D eigenvalue weighted by atomic mass is 9.83. The van der Waals surface area contributed by atoms with Gasteiger partial charge in [0.05, 0.1) is 21.8 Å². The lowest BCUT2D eigenvalue weighted by Gasteiger charge is -2.45. The monoisotopic (exact) mass is 427 g/mol. The lowest BCUT2D eigenvalue weighted by Crippen LogP contribution is -2.50. The Morgan fingerprint density at radius 3 is 2.55 bits per heavy atom. The third-order valence-corrected chi connectivity index (χ3v) is 8.44. The van der Waals surface area contributed by atoms with Crippen molar-refractivity contribution in [2.24, 2.45) is 0 Å². The fourth-order valence-electron chi connectivity index (χ4n) is 4.46. The molecule has 0 atom stereocenters. The Balaban J connectivity index is 1.44. The van der Waals surface area contributed by atoms with E-state index in [1.54, 1.807) is 22.5 Å². The first-order valence-corrected chi connectivity index (χ1v) is 11.5. The highest BCUT2D eigenvalue weighted by Crippen LogP contribution is 2.44. The van der Waals surface area contributed by atoms with Crippen LogP contribution in [0.4, 0.5) is 5.69 Å². The average Bonchev–Trinajstić information content (AvgIpc) is 3.22. The van der Waals surface area contributed by atoms with Crippen LogP contribution in [0.5, 0.6) is 0 Å². The highest BCUT2D eigenvalue weighted by atomic mass is 35.5. The zero-order valence-electron chi connectivity index (χ0n) is 16.1. The summed E-state index contributed by atoms with van der Waals surface area (Å²) in [7, 11) is -3.57. The molecule has 2 aliphatic rings. The molecule has 5 rings (SSSR count). The summed E-state index contributed by atoms with van der Waals surface area (Å²) >= 11 is 6.17. The van der Waals surface area contributed by atoms with Gasteiger partial charge in [0.1, 0.15) is 0 Å². The molecule has 1 aromatic heterocycles. The molecule has 3 aromatic rings. The summed E-state index contributed by atoms with van der Waals surface area (Å²) in [6.45, 7) is 2.77. The van der Waals surface area contributed by atoms with Crippen LogP contribution in [-0.4, -0.2) is 30.4 Å². The number of sulfonamides is 1. The van der Waals surface area contributed by atoms with Crippen LogP contribution in [0.3, 0.4) is 0 Å². The molecule has 1 fully saturated rings. The van der Waals surface area contributed by atoms with Crippen LogP contribution in [0.1, 0.15) is 24.1 Å². The molecule has 0 aliphatic carbocycles. The molecule has 3 heterocycles. The minimum absolute atomic E-state index is 0.259. The number of piperidine rings is 1. The van der Waals surface area contributed by atoms with Gasteiger partial charge in [-0.05, 0) is 61.7 Å². The number of anilines is 1. The van der Waals surface area contributed by atoms with Gasteiger partial charge in [-0.25, -0.2) is 8.42 Å². The summed E-state index contributed by atoms with van der Waals surface area (Å²) in [5, 5.41) is 4.19. The number of rotatable bonds is 2. The number of nitrogens with one attached hydrogen (secondary N) is 1. The summed E-state index contributed by atoms with van der Waals surface area (Å²) in [5.41, 5.74) is 4.00. The number of nitrogens with zero attached hydrogens (tertiary/aromatic N) is 2. The highest BCUT2D eigenvalue weighted by molar-refractivity contribution is 7.89. The van der Waals surface area contributed by atoms with E-state index in [4.69, 9.17) is 11.6 Å². The number of para-hydroxylation sites is 2. The molecule has 29 heavy (non-hydrogen) atoms. The van der Waals surface area contributed by atoms with E-state index in [1.807, 2.05) is 19.1 Å². The third kappa shape index (κ3) is 2.89. The number of halogens is 1. The maximum absolute atomic E-state index is 13.2. The quantitative estimate of drug-likeness (QED) is 0.653. The van der Waals surface area contributed by atoms with Gasteiger partial charge in [-0.3, -0.25) is 0 Å². The van der Waals surface area contributed by atoms with Gasteiger partial charge in [-0.15, -0.1) is 0 Å². The van der Waals surface area contributed by atoms with Crippen LogP contribution in [0.25, 0.3) is 5.69 Å². The van der Waals surface area contributed by atoms with Crippen LogP contribution < -0.4 is 5.32 Å². The summed E-state index contributed by atoms with van der Waals surface area (Å²) in [4.78, 5) is 0.259. The zero-order valence-corrected chi connectivity index (χ0v) is 17.7. The van der Waals surface area contributed by atoms with Gasteiger partial charge >= 0.3 is 0 Å². The second-order valence-electron chi connectivity index (χ2n) is 7.80. The Hall–Kier alpha value is -2.28. The molecular weight excluding hydrogens is 406 g/mol. The molecule has 5 nitrogen and oxygen atoms in total. The number of hydrogen-bond donors (Lipinski definition) is 1. The Morgan fingerprint density at radius 1 is 1.03 bits per heavy atom. The van der Waals surface area contributed by atoms with Crippen LogP contribution >= 0.6 is 11.6 Å². The molecule has 0 unspecified atom stereocenters. The van der Waals surface area contributed by atoms with Crippen molar-refractivity contribution in [3.05, 3.63) is 77.1 Å². The molecule has 1 spiro atoms. The number of hydrogen-bond acceptors (Lipinski definition) is 3. The third-order valence-electron chi connectivity index (χ3n) is 6.13. The first-order chi connectivity index (χ1) is 13.9. The molecule has 0 bridgehead atoms. The fourth-order valence-corrected chi connectivity index (χ4v) is 6.18. The summed E-state index contributed by atoms with van der Waals surface area (Å²) < 4.78 is 30.1. The SMILES string of the molecule is Cc1ccc(S(=O)(=O)N2CCC3(CC2)Nc2ccccc2-n2cccc23)cc1Cl. The summed E-state index contributed by atoms with van der Waals surface area (Å²) in [6.07, 6.45) is 3.47. The summed E-state index contributed by atoms with van der Waals surface area (Å²) in [6, 6.07) is 17.4. The number of benzene rings is 2. The van der Waals surface area contributed by atoms with Gasteiger partial charge in [0.25, 0.3) is 0 Å². The predicted octanol–water partition coefficient (Wildman–Crippen LogP) is 4.54. The van der Waals surface area contributed by atoms with Gasteiger partial charge in [0.15, 0.2) is 0 Å². The number of aromatic nitrogens is 1. The minimum atomic E-state index is -3.57. The Labute approximate surface area is 176 Å². The minimum Gasteiger partial charge on any atom is -0.372 e. The van der Waals surface area contributed by atoms with E-state index >= 15 is 0 Å². The van der Waals surface area contributed by atoms with Gasteiger partial charge in [0.2, 0.25) is 10.0 Å². The molecule has 1 saturated heterocycles. The van der Waals surface area contributed by atoms with Gasteiger partial charge in [-0.1, -0.05) is 29.8 Å². The maximum Gasteiger partial charge on any atom is 0.243 e. The standard InChI is InChI=1S/C22H22ClN3O2S/c1-16-8-9-17(15-18(16)23)29(27,28)25-13-10-22(11-14-25)21-7-4-12-26(21)20-6-3-2-5-19(20)24-22/h2-9,12,15,24H,10-11,13-14H2,1H3. The second kappa shape index (κ2) is 6.62. The first-order valence-electron chi connectivity index (χ1n) is 9.72. The topological polar surface area (TPSA) is 54.3 Å². The van der Waals surface area contributed by atoms with E-state index in [2.05, 4.69) is 40.3 Å². The van der Waals surface area contributed by atoms with Crippen LogP contribution in [0, 0.1) is 6.92 Å². The molecule has 2 aromatic carbocycles. The second-order valence-corrected chi connectivity index (χ2v) is 10.1. The predicted molar refractivity (Wildman–Crippen MR) is 115 cm³/mol. The Kier molecular flexibility index (Phi) is 4.28. The highest BCUT2D eigenvalue weighted by Gasteiger charge is 2.43. The fraction of sp³-hybridized carbons (Fsp3) is 0.273. The van der Waals surface area contributed by atoms with Crippen molar-refractivity contribution in [2.75, 3.05) is 18.4 Å². The van der Waals surface area contributed by atoms with Gasteiger partial charge < -0.3 is 9.88 Å².